The Bertz CT molecular complexity index is 700. The average molecular weight is 389 g/mol. The fourth-order valence-electron chi connectivity index (χ4n) is 2.45. The third kappa shape index (κ3) is 7.66. The number of methoxy groups -OCH3 is 1. The molecule has 1 rings (SSSR count). The summed E-state index contributed by atoms with van der Waals surface area (Å²) in [4.78, 5) is 36.6. The maximum Gasteiger partial charge on any atom is 0.408 e. The molecule has 0 fully saturated rings. The summed E-state index contributed by atoms with van der Waals surface area (Å²) in [6, 6.07) is 9.28. The van der Waals surface area contributed by atoms with Crippen molar-refractivity contribution >= 4 is 18.0 Å². The highest BCUT2D eigenvalue weighted by Crippen LogP contribution is 2.09. The first-order valence-electron chi connectivity index (χ1n) is 9.03. The van der Waals surface area contributed by atoms with Gasteiger partial charge in [-0.2, -0.15) is 5.26 Å². The van der Waals surface area contributed by atoms with Crippen LogP contribution >= 0.6 is 0 Å². The number of hydrogen-bond acceptors (Lipinski definition) is 6. The van der Waals surface area contributed by atoms with Crippen LogP contribution in [0.15, 0.2) is 30.3 Å². The predicted octanol–water partition coefficient (Wildman–Crippen LogP) is 2.14. The highest BCUT2D eigenvalue weighted by atomic mass is 16.5. The minimum absolute atomic E-state index is 0.0730. The van der Waals surface area contributed by atoms with E-state index in [4.69, 9.17) is 14.7 Å². The van der Waals surface area contributed by atoms with Gasteiger partial charge in [-0.1, -0.05) is 44.2 Å². The van der Waals surface area contributed by atoms with Gasteiger partial charge in [-0.3, -0.25) is 4.79 Å². The molecule has 1 aromatic carbocycles. The van der Waals surface area contributed by atoms with Crippen LogP contribution in [0.25, 0.3) is 0 Å². The summed E-state index contributed by atoms with van der Waals surface area (Å²) in [5.74, 6) is -1.90. The standard InChI is InChI=1S/C20H27N3O5/c1-13(2)17(23-20(26)28-12-15-8-6-5-7-9-15)18(24)22-16(19(25)27-4)10-14(3)11-21/h5-9,13-14,16-17H,10,12H2,1-4H3,(H,22,24)(H,23,26)/t14-,16+,17+/m0/s1. The van der Waals surface area contributed by atoms with Crippen molar-refractivity contribution in [3.05, 3.63) is 35.9 Å². The Hall–Kier alpha value is -3.08. The Kier molecular flexibility index (Phi) is 9.51. The Labute approximate surface area is 165 Å². The van der Waals surface area contributed by atoms with Gasteiger partial charge < -0.3 is 20.1 Å². The lowest BCUT2D eigenvalue weighted by atomic mass is 10.0. The maximum absolute atomic E-state index is 12.6. The molecule has 0 aliphatic heterocycles. The zero-order valence-corrected chi connectivity index (χ0v) is 16.6. The fraction of sp³-hybridized carbons (Fsp3) is 0.500. The van der Waals surface area contributed by atoms with Gasteiger partial charge in [0.25, 0.3) is 0 Å². The van der Waals surface area contributed by atoms with Gasteiger partial charge in [0.2, 0.25) is 5.91 Å². The van der Waals surface area contributed by atoms with Crippen LogP contribution < -0.4 is 10.6 Å². The van der Waals surface area contributed by atoms with Crippen LogP contribution in [0.1, 0.15) is 32.8 Å². The number of benzene rings is 1. The third-order valence-corrected chi connectivity index (χ3v) is 4.05. The van der Waals surface area contributed by atoms with E-state index in [0.717, 1.165) is 5.56 Å². The van der Waals surface area contributed by atoms with Gasteiger partial charge in [-0.05, 0) is 24.8 Å². The van der Waals surface area contributed by atoms with Crippen LogP contribution in [0.3, 0.4) is 0 Å². The van der Waals surface area contributed by atoms with E-state index in [9.17, 15) is 14.4 Å². The van der Waals surface area contributed by atoms with Crippen molar-refractivity contribution in [1.82, 2.24) is 10.6 Å². The first kappa shape index (κ1) is 23.0. The molecule has 0 radical (unpaired) electrons. The number of carbonyl (C=O) groups is 3. The summed E-state index contributed by atoms with van der Waals surface area (Å²) in [5, 5.41) is 14.0. The highest BCUT2D eigenvalue weighted by Gasteiger charge is 2.30. The molecule has 1 aromatic rings. The van der Waals surface area contributed by atoms with Gasteiger partial charge in [0, 0.05) is 5.92 Å². The Morgan fingerprint density at radius 1 is 1.11 bits per heavy atom. The number of amides is 2. The third-order valence-electron chi connectivity index (χ3n) is 4.05. The molecule has 0 bridgehead atoms. The summed E-state index contributed by atoms with van der Waals surface area (Å²) >= 11 is 0. The normalized spacial score (nSPS) is 13.6. The predicted molar refractivity (Wildman–Crippen MR) is 102 cm³/mol. The van der Waals surface area contributed by atoms with Gasteiger partial charge in [-0.15, -0.1) is 0 Å². The second-order valence-electron chi connectivity index (χ2n) is 6.78. The van der Waals surface area contributed by atoms with Gasteiger partial charge in [-0.25, -0.2) is 9.59 Å². The number of hydrogen-bond donors (Lipinski definition) is 2. The van der Waals surface area contributed by atoms with Crippen LogP contribution in [-0.2, 0) is 25.7 Å². The van der Waals surface area contributed by atoms with Crippen molar-refractivity contribution in [1.29, 1.82) is 5.26 Å². The van der Waals surface area contributed by atoms with Crippen LogP contribution in [0, 0.1) is 23.2 Å². The number of nitriles is 1. The molecule has 0 spiro atoms. The summed E-state index contributed by atoms with van der Waals surface area (Å²) in [6.45, 7) is 5.23. The van der Waals surface area contributed by atoms with Crippen molar-refractivity contribution < 1.29 is 23.9 Å². The molecule has 0 unspecified atom stereocenters. The zero-order valence-electron chi connectivity index (χ0n) is 16.6. The highest BCUT2D eigenvalue weighted by molar-refractivity contribution is 5.89. The average Bonchev–Trinajstić information content (AvgIpc) is 2.69. The van der Waals surface area contributed by atoms with Crippen molar-refractivity contribution in [3.8, 4) is 6.07 Å². The number of nitrogens with one attached hydrogen (secondary N) is 2. The monoisotopic (exact) mass is 389 g/mol. The number of esters is 1. The molecule has 0 saturated carbocycles. The zero-order chi connectivity index (χ0) is 21.1. The van der Waals surface area contributed by atoms with E-state index < -0.39 is 36.0 Å². The Balaban J connectivity index is 2.71. The van der Waals surface area contributed by atoms with Crippen LogP contribution in [0.2, 0.25) is 0 Å². The molecule has 0 aliphatic rings. The van der Waals surface area contributed by atoms with Crippen LogP contribution in [-0.4, -0.2) is 37.2 Å². The number of rotatable bonds is 9. The maximum atomic E-state index is 12.6. The summed E-state index contributed by atoms with van der Waals surface area (Å²) in [7, 11) is 1.21. The van der Waals surface area contributed by atoms with Crippen molar-refractivity contribution in [2.45, 2.75) is 45.9 Å². The first-order valence-corrected chi connectivity index (χ1v) is 9.03. The van der Waals surface area contributed by atoms with E-state index in [-0.39, 0.29) is 18.9 Å². The van der Waals surface area contributed by atoms with E-state index in [1.807, 2.05) is 36.4 Å². The molecule has 8 nitrogen and oxygen atoms in total. The molecule has 2 N–H and O–H groups in total. The van der Waals surface area contributed by atoms with Gasteiger partial charge in [0.1, 0.15) is 18.7 Å². The molecule has 28 heavy (non-hydrogen) atoms. The molecule has 8 heteroatoms. The number of carbonyl (C=O) groups excluding carboxylic acids is 3. The van der Waals surface area contributed by atoms with Gasteiger partial charge >= 0.3 is 12.1 Å². The quantitative estimate of drug-likeness (QED) is 0.625. The molecule has 2 amide bonds. The van der Waals surface area contributed by atoms with E-state index in [1.165, 1.54) is 7.11 Å². The number of alkyl carbamates (subject to hydrolysis) is 1. The topological polar surface area (TPSA) is 118 Å². The Morgan fingerprint density at radius 3 is 2.29 bits per heavy atom. The van der Waals surface area contributed by atoms with E-state index in [1.54, 1.807) is 20.8 Å². The van der Waals surface area contributed by atoms with Crippen molar-refractivity contribution in [2.24, 2.45) is 11.8 Å². The first-order chi connectivity index (χ1) is 13.3. The van der Waals surface area contributed by atoms with Crippen molar-refractivity contribution in [3.63, 3.8) is 0 Å². The second kappa shape index (κ2) is 11.6. The Morgan fingerprint density at radius 2 is 1.75 bits per heavy atom. The van der Waals surface area contributed by atoms with Crippen LogP contribution in [0.4, 0.5) is 4.79 Å². The van der Waals surface area contributed by atoms with E-state index >= 15 is 0 Å². The molecule has 0 saturated heterocycles. The largest absolute Gasteiger partial charge is 0.467 e. The molecular weight excluding hydrogens is 362 g/mol. The lowest BCUT2D eigenvalue weighted by Crippen LogP contribution is -2.54. The molecular formula is C20H27N3O5. The summed E-state index contributed by atoms with van der Waals surface area (Å²) in [5.41, 5.74) is 0.819. The van der Waals surface area contributed by atoms with Gasteiger partial charge in [0.15, 0.2) is 0 Å². The number of nitrogens with zero attached hydrogens (tertiary/aromatic N) is 1. The molecule has 0 aromatic heterocycles. The molecule has 0 aliphatic carbocycles. The number of ether oxygens (including phenoxy) is 2. The molecule has 152 valence electrons. The lowest BCUT2D eigenvalue weighted by molar-refractivity contribution is -0.145. The van der Waals surface area contributed by atoms with Gasteiger partial charge in [0.05, 0.1) is 13.2 Å². The summed E-state index contributed by atoms with van der Waals surface area (Å²) < 4.78 is 9.84. The lowest BCUT2D eigenvalue weighted by Gasteiger charge is -2.24. The molecule has 3 atom stereocenters. The second-order valence-corrected chi connectivity index (χ2v) is 6.78. The minimum Gasteiger partial charge on any atom is -0.467 e. The minimum atomic E-state index is -0.976. The van der Waals surface area contributed by atoms with E-state index in [0.29, 0.717) is 0 Å². The fourth-order valence-corrected chi connectivity index (χ4v) is 2.45. The SMILES string of the molecule is COC(=O)[C@@H](C[C@H](C)C#N)NC(=O)[C@H](NC(=O)OCc1ccccc1)C(C)C. The van der Waals surface area contributed by atoms with E-state index in [2.05, 4.69) is 10.6 Å². The van der Waals surface area contributed by atoms with Crippen molar-refractivity contribution in [2.75, 3.05) is 7.11 Å². The van der Waals surface area contributed by atoms with Crippen LogP contribution in [0.5, 0.6) is 0 Å². The smallest absolute Gasteiger partial charge is 0.408 e. The molecule has 0 heterocycles. The summed E-state index contributed by atoms with van der Waals surface area (Å²) in [6.07, 6.45) is -0.629.